The molecule has 3 aromatic rings. The summed E-state index contributed by atoms with van der Waals surface area (Å²) in [5.41, 5.74) is 2.53. The highest BCUT2D eigenvalue weighted by atomic mass is 19.1. The second-order valence-corrected chi connectivity index (χ2v) is 8.35. The van der Waals surface area contributed by atoms with Crippen molar-refractivity contribution in [3.63, 3.8) is 0 Å². The van der Waals surface area contributed by atoms with E-state index in [1.165, 1.54) is 12.4 Å². The van der Waals surface area contributed by atoms with Gasteiger partial charge in [-0.25, -0.2) is 14.4 Å². The third-order valence-electron chi connectivity index (χ3n) is 5.72. The maximum Gasteiger partial charge on any atom is 0.251 e. The zero-order chi connectivity index (χ0) is 20.9. The fraction of sp³-hybridized carbons (Fsp3) is 0.318. The van der Waals surface area contributed by atoms with Gasteiger partial charge in [0.05, 0.1) is 5.56 Å². The Morgan fingerprint density at radius 3 is 2.70 bits per heavy atom. The van der Waals surface area contributed by atoms with Gasteiger partial charge in [0.15, 0.2) is 11.5 Å². The molecule has 0 aromatic carbocycles. The Balaban J connectivity index is 1.54. The summed E-state index contributed by atoms with van der Waals surface area (Å²) in [4.78, 5) is 20.6. The fourth-order valence-electron chi connectivity index (χ4n) is 3.67. The number of hydrogen-bond acceptors (Lipinski definition) is 5. The van der Waals surface area contributed by atoms with Gasteiger partial charge in [-0.3, -0.25) is 9.20 Å². The van der Waals surface area contributed by atoms with Gasteiger partial charge in [-0.15, -0.1) is 10.2 Å². The number of halogens is 1. The molecule has 1 N–H and O–H groups in total. The number of nitrogens with one attached hydrogen (secondary N) is 1. The molecule has 7 nitrogen and oxygen atoms in total. The molecule has 1 fully saturated rings. The van der Waals surface area contributed by atoms with Crippen LogP contribution >= 0.6 is 0 Å². The van der Waals surface area contributed by atoms with Gasteiger partial charge in [0, 0.05) is 35.6 Å². The lowest BCUT2D eigenvalue weighted by Gasteiger charge is -2.34. The monoisotopic (exact) mass is 404 g/mol. The number of amides is 1. The average Bonchev–Trinajstić information content (AvgIpc) is 3.45. The van der Waals surface area contributed by atoms with Crippen LogP contribution in [0.4, 0.5) is 4.39 Å². The topological polar surface area (TPSA) is 85.1 Å². The second-order valence-electron chi connectivity index (χ2n) is 8.35. The maximum atomic E-state index is 15.1. The van der Waals surface area contributed by atoms with Crippen LogP contribution in [0.2, 0.25) is 0 Å². The van der Waals surface area contributed by atoms with Crippen LogP contribution in [-0.2, 0) is 4.79 Å². The average molecular weight is 404 g/mol. The van der Waals surface area contributed by atoms with Crippen molar-refractivity contribution in [2.45, 2.75) is 38.9 Å². The standard InChI is InChI=1S/C22H21FN6O/c1-22(2)17(7-14(8-18(22)23)21(30)26-16-3-4-16)13-5-6-29-19(9-13)27-28-20(29)15-10-24-12-25-11-15/h5-12,16,18H,3-4H2,1-2H3,(H,26,30). The highest BCUT2D eigenvalue weighted by molar-refractivity contribution is 6.00. The number of hydrogen-bond donors (Lipinski definition) is 1. The Hall–Kier alpha value is -3.42. The number of aromatic nitrogens is 5. The highest BCUT2D eigenvalue weighted by Gasteiger charge is 2.38. The third-order valence-corrected chi connectivity index (χ3v) is 5.72. The van der Waals surface area contributed by atoms with Gasteiger partial charge in [0.1, 0.15) is 12.5 Å². The van der Waals surface area contributed by atoms with E-state index in [1.54, 1.807) is 18.5 Å². The minimum absolute atomic E-state index is 0.218. The highest BCUT2D eigenvalue weighted by Crippen LogP contribution is 2.44. The van der Waals surface area contributed by atoms with E-state index < -0.39 is 11.6 Å². The zero-order valence-corrected chi connectivity index (χ0v) is 16.7. The van der Waals surface area contributed by atoms with Crippen LogP contribution < -0.4 is 5.32 Å². The van der Waals surface area contributed by atoms with Crippen molar-refractivity contribution < 1.29 is 9.18 Å². The van der Waals surface area contributed by atoms with Gasteiger partial charge in [-0.2, -0.15) is 0 Å². The predicted octanol–water partition coefficient (Wildman–Crippen LogP) is 3.15. The lowest BCUT2D eigenvalue weighted by Crippen LogP contribution is -2.33. The molecular formula is C22H21FN6O. The molecule has 1 saturated carbocycles. The Bertz CT molecular complexity index is 1190. The summed E-state index contributed by atoms with van der Waals surface area (Å²) >= 11 is 0. The summed E-state index contributed by atoms with van der Waals surface area (Å²) in [5.74, 6) is 0.407. The number of pyridine rings is 1. The van der Waals surface area contributed by atoms with Crippen LogP contribution in [0, 0.1) is 5.41 Å². The molecule has 0 saturated heterocycles. The Labute approximate surface area is 172 Å². The number of allylic oxidation sites excluding steroid dienone is 2. The summed E-state index contributed by atoms with van der Waals surface area (Å²) in [6, 6.07) is 3.98. The van der Waals surface area contributed by atoms with Crippen LogP contribution in [-0.4, -0.2) is 42.7 Å². The number of carbonyl (C=O) groups excluding carboxylic acids is 1. The molecule has 1 amide bonds. The molecule has 3 heterocycles. The molecule has 5 rings (SSSR count). The summed E-state index contributed by atoms with van der Waals surface area (Å²) in [5, 5.41) is 11.4. The van der Waals surface area contributed by atoms with Crippen LogP contribution in [0.25, 0.3) is 22.6 Å². The Morgan fingerprint density at radius 2 is 1.97 bits per heavy atom. The van der Waals surface area contributed by atoms with Crippen molar-refractivity contribution in [1.82, 2.24) is 29.9 Å². The number of rotatable bonds is 4. The van der Waals surface area contributed by atoms with Crippen molar-refractivity contribution in [3.8, 4) is 11.4 Å². The Morgan fingerprint density at radius 1 is 1.20 bits per heavy atom. The van der Waals surface area contributed by atoms with Crippen molar-refractivity contribution in [2.24, 2.45) is 5.41 Å². The summed E-state index contributed by atoms with van der Waals surface area (Å²) in [7, 11) is 0. The normalized spacial score (nSPS) is 20.6. The van der Waals surface area contributed by atoms with E-state index in [4.69, 9.17) is 0 Å². The molecule has 152 valence electrons. The van der Waals surface area contributed by atoms with E-state index in [9.17, 15) is 4.79 Å². The van der Waals surface area contributed by atoms with E-state index in [-0.39, 0.29) is 11.9 Å². The first-order valence-corrected chi connectivity index (χ1v) is 9.93. The first kappa shape index (κ1) is 18.6. The predicted molar refractivity (Wildman–Crippen MR) is 110 cm³/mol. The van der Waals surface area contributed by atoms with E-state index in [0.717, 1.165) is 29.5 Å². The van der Waals surface area contributed by atoms with E-state index >= 15 is 4.39 Å². The van der Waals surface area contributed by atoms with Gasteiger partial charge in [0.25, 0.3) is 5.91 Å². The van der Waals surface area contributed by atoms with E-state index in [0.29, 0.717) is 17.0 Å². The molecule has 0 bridgehead atoms. The molecule has 30 heavy (non-hydrogen) atoms. The van der Waals surface area contributed by atoms with Gasteiger partial charge in [0.2, 0.25) is 0 Å². The summed E-state index contributed by atoms with van der Waals surface area (Å²) in [6.07, 6.45) is 10.6. The molecule has 8 heteroatoms. The molecule has 0 radical (unpaired) electrons. The zero-order valence-electron chi connectivity index (χ0n) is 16.7. The number of carbonyl (C=O) groups is 1. The summed E-state index contributed by atoms with van der Waals surface area (Å²) < 4.78 is 16.9. The SMILES string of the molecule is CC1(C)C(c2ccn3c(-c4cncnc4)nnc3c2)=CC(C(=O)NC2CC2)=CC1F. The molecule has 0 spiro atoms. The van der Waals surface area contributed by atoms with Gasteiger partial charge < -0.3 is 5.32 Å². The van der Waals surface area contributed by atoms with Crippen LogP contribution in [0.3, 0.4) is 0 Å². The van der Waals surface area contributed by atoms with Gasteiger partial charge in [-0.05, 0) is 48.3 Å². The minimum Gasteiger partial charge on any atom is -0.349 e. The minimum atomic E-state index is -1.27. The maximum absolute atomic E-state index is 15.1. The largest absolute Gasteiger partial charge is 0.349 e. The van der Waals surface area contributed by atoms with Gasteiger partial charge in [-0.1, -0.05) is 13.8 Å². The number of alkyl halides is 1. The number of fused-ring (bicyclic) bond motifs is 1. The molecule has 1 unspecified atom stereocenters. The van der Waals surface area contributed by atoms with E-state index in [2.05, 4.69) is 25.5 Å². The second kappa shape index (κ2) is 6.83. The first-order chi connectivity index (χ1) is 14.4. The van der Waals surface area contributed by atoms with E-state index in [1.807, 2.05) is 36.6 Å². The first-order valence-electron chi connectivity index (χ1n) is 9.93. The lowest BCUT2D eigenvalue weighted by atomic mass is 9.72. The fourth-order valence-corrected chi connectivity index (χ4v) is 3.67. The van der Waals surface area contributed by atoms with Crippen molar-refractivity contribution in [3.05, 3.63) is 60.3 Å². The molecule has 2 aliphatic rings. The molecule has 3 aromatic heterocycles. The van der Waals surface area contributed by atoms with Crippen molar-refractivity contribution in [1.29, 1.82) is 0 Å². The summed E-state index contributed by atoms with van der Waals surface area (Å²) in [6.45, 7) is 3.69. The van der Waals surface area contributed by atoms with Crippen molar-refractivity contribution in [2.75, 3.05) is 0 Å². The third kappa shape index (κ3) is 3.18. The van der Waals surface area contributed by atoms with Crippen LogP contribution in [0.15, 0.2) is 54.8 Å². The van der Waals surface area contributed by atoms with Crippen LogP contribution in [0.1, 0.15) is 32.3 Å². The van der Waals surface area contributed by atoms with Crippen LogP contribution in [0.5, 0.6) is 0 Å². The smallest absolute Gasteiger partial charge is 0.251 e. The number of nitrogens with zero attached hydrogens (tertiary/aromatic N) is 5. The van der Waals surface area contributed by atoms with Gasteiger partial charge >= 0.3 is 0 Å². The lowest BCUT2D eigenvalue weighted by molar-refractivity contribution is -0.117. The quantitative estimate of drug-likeness (QED) is 0.722. The van der Waals surface area contributed by atoms with Crippen molar-refractivity contribution >= 4 is 17.1 Å². The molecule has 2 aliphatic carbocycles. The molecule has 0 aliphatic heterocycles. The Kier molecular flexibility index (Phi) is 4.23. The molecule has 1 atom stereocenters. The molecular weight excluding hydrogens is 383 g/mol.